The summed E-state index contributed by atoms with van der Waals surface area (Å²) in [5, 5.41) is 3.60. The first-order valence-electron chi connectivity index (χ1n) is 10.1. The van der Waals surface area contributed by atoms with Crippen LogP contribution in [0.15, 0.2) is 48.5 Å². The third kappa shape index (κ3) is 5.59. The lowest BCUT2D eigenvalue weighted by molar-refractivity contribution is -0.122. The molecule has 0 aliphatic carbocycles. The number of aromatic nitrogens is 2. The Hall–Kier alpha value is -2.41. The van der Waals surface area contributed by atoms with Crippen molar-refractivity contribution < 1.29 is 9.53 Å². The Morgan fingerprint density at radius 1 is 1.27 bits per heavy atom. The molecular formula is C23H29ClN4O2. The lowest BCUT2D eigenvalue weighted by atomic mass is 10.2. The van der Waals surface area contributed by atoms with E-state index in [0.29, 0.717) is 31.3 Å². The molecule has 3 aromatic rings. The Morgan fingerprint density at radius 2 is 2.03 bits per heavy atom. The number of nitrogens with zero attached hydrogens (tertiary/aromatic N) is 3. The van der Waals surface area contributed by atoms with E-state index in [0.717, 1.165) is 23.3 Å². The molecule has 1 unspecified atom stereocenters. The van der Waals surface area contributed by atoms with Crippen molar-refractivity contribution in [3.63, 3.8) is 0 Å². The molecule has 7 heteroatoms. The van der Waals surface area contributed by atoms with Crippen LogP contribution in [0.3, 0.4) is 0 Å². The first-order valence-corrected chi connectivity index (χ1v) is 10.5. The Balaban J connectivity index is 1.81. The highest BCUT2D eigenvalue weighted by Crippen LogP contribution is 2.27. The molecule has 1 atom stereocenters. The standard InChI is InChI=1S/C23H29ClN4O2/c1-17(27(2)16-22(29)25-12-7-13-30-3)23-26-20-14-19(24)10-11-21(20)28(23)15-18-8-5-4-6-9-18/h4-6,8-11,14,17H,7,12-13,15-16H2,1-3H3,(H,25,29). The molecule has 0 spiro atoms. The number of likely N-dealkylation sites (N-methyl/N-ethyl adjacent to an activating group) is 1. The predicted octanol–water partition coefficient (Wildman–Crippen LogP) is 3.88. The fourth-order valence-corrected chi connectivity index (χ4v) is 3.60. The number of nitrogens with one attached hydrogen (secondary N) is 1. The molecule has 0 bridgehead atoms. The summed E-state index contributed by atoms with van der Waals surface area (Å²) in [7, 11) is 3.60. The molecular weight excluding hydrogens is 400 g/mol. The summed E-state index contributed by atoms with van der Waals surface area (Å²) in [5.74, 6) is 0.903. The normalized spacial score (nSPS) is 12.4. The number of carbonyl (C=O) groups excluding carboxylic acids is 1. The van der Waals surface area contributed by atoms with E-state index in [9.17, 15) is 4.79 Å². The Labute approximate surface area is 182 Å². The van der Waals surface area contributed by atoms with Gasteiger partial charge in [-0.15, -0.1) is 0 Å². The van der Waals surface area contributed by atoms with E-state index in [1.165, 1.54) is 5.56 Å². The van der Waals surface area contributed by atoms with Crippen LogP contribution in [0.4, 0.5) is 0 Å². The maximum absolute atomic E-state index is 12.3. The van der Waals surface area contributed by atoms with Gasteiger partial charge in [-0.1, -0.05) is 41.9 Å². The van der Waals surface area contributed by atoms with Crippen molar-refractivity contribution in [1.82, 2.24) is 19.8 Å². The Kier molecular flexibility index (Phi) is 7.85. The van der Waals surface area contributed by atoms with Gasteiger partial charge in [-0.2, -0.15) is 0 Å². The first kappa shape index (κ1) is 22.3. The van der Waals surface area contributed by atoms with Gasteiger partial charge in [-0.3, -0.25) is 9.69 Å². The molecule has 1 N–H and O–H groups in total. The summed E-state index contributed by atoms with van der Waals surface area (Å²) in [6.45, 7) is 4.32. The topological polar surface area (TPSA) is 59.4 Å². The lowest BCUT2D eigenvalue weighted by Crippen LogP contribution is -2.37. The fourth-order valence-electron chi connectivity index (χ4n) is 3.43. The summed E-state index contributed by atoms with van der Waals surface area (Å²) in [4.78, 5) is 19.2. The fraction of sp³-hybridized carbons (Fsp3) is 0.391. The third-order valence-electron chi connectivity index (χ3n) is 5.20. The molecule has 0 aliphatic rings. The van der Waals surface area contributed by atoms with Gasteiger partial charge in [0.1, 0.15) is 5.82 Å². The van der Waals surface area contributed by atoms with E-state index in [-0.39, 0.29) is 11.9 Å². The minimum atomic E-state index is -0.0513. The Bertz CT molecular complexity index is 974. The van der Waals surface area contributed by atoms with Gasteiger partial charge in [0.25, 0.3) is 0 Å². The molecule has 0 radical (unpaired) electrons. The van der Waals surface area contributed by atoms with Crippen molar-refractivity contribution >= 4 is 28.5 Å². The van der Waals surface area contributed by atoms with Gasteiger partial charge in [0.15, 0.2) is 0 Å². The van der Waals surface area contributed by atoms with Crippen molar-refractivity contribution in [3.8, 4) is 0 Å². The van der Waals surface area contributed by atoms with E-state index < -0.39 is 0 Å². The highest BCUT2D eigenvalue weighted by Gasteiger charge is 2.22. The molecule has 0 fully saturated rings. The van der Waals surface area contributed by atoms with Crippen LogP contribution in [0.25, 0.3) is 11.0 Å². The second-order valence-corrected chi connectivity index (χ2v) is 7.90. The number of hydrogen-bond donors (Lipinski definition) is 1. The van der Waals surface area contributed by atoms with Crippen LogP contribution in [-0.2, 0) is 16.1 Å². The van der Waals surface area contributed by atoms with Crippen molar-refractivity contribution in [2.45, 2.75) is 25.9 Å². The third-order valence-corrected chi connectivity index (χ3v) is 5.43. The van der Waals surface area contributed by atoms with Gasteiger partial charge in [-0.25, -0.2) is 4.98 Å². The monoisotopic (exact) mass is 428 g/mol. The molecule has 1 aromatic heterocycles. The minimum absolute atomic E-state index is 0.00535. The van der Waals surface area contributed by atoms with Gasteiger partial charge in [0, 0.05) is 31.8 Å². The molecule has 160 valence electrons. The number of hydrogen-bond acceptors (Lipinski definition) is 4. The molecule has 0 saturated heterocycles. The van der Waals surface area contributed by atoms with Crippen LogP contribution < -0.4 is 5.32 Å². The number of ether oxygens (including phenoxy) is 1. The summed E-state index contributed by atoms with van der Waals surface area (Å²) in [6, 6.07) is 16.0. The molecule has 6 nitrogen and oxygen atoms in total. The zero-order valence-electron chi connectivity index (χ0n) is 17.8. The molecule has 0 aliphatic heterocycles. The summed E-state index contributed by atoms with van der Waals surface area (Å²) in [6.07, 6.45) is 0.801. The summed E-state index contributed by atoms with van der Waals surface area (Å²) >= 11 is 6.20. The van der Waals surface area contributed by atoms with E-state index in [1.807, 2.05) is 48.3 Å². The van der Waals surface area contributed by atoms with Gasteiger partial charge in [-0.05, 0) is 44.2 Å². The minimum Gasteiger partial charge on any atom is -0.385 e. The highest BCUT2D eigenvalue weighted by atomic mass is 35.5. The lowest BCUT2D eigenvalue weighted by Gasteiger charge is -2.24. The number of carbonyl (C=O) groups is 1. The highest BCUT2D eigenvalue weighted by molar-refractivity contribution is 6.31. The summed E-state index contributed by atoms with van der Waals surface area (Å²) in [5.41, 5.74) is 3.08. The quantitative estimate of drug-likeness (QED) is 0.498. The summed E-state index contributed by atoms with van der Waals surface area (Å²) < 4.78 is 7.22. The smallest absolute Gasteiger partial charge is 0.234 e. The largest absolute Gasteiger partial charge is 0.385 e. The van der Waals surface area contributed by atoms with Gasteiger partial charge in [0.2, 0.25) is 5.91 Å². The zero-order chi connectivity index (χ0) is 21.5. The van der Waals surface area contributed by atoms with Crippen molar-refractivity contribution in [2.24, 2.45) is 0 Å². The zero-order valence-corrected chi connectivity index (χ0v) is 18.5. The van der Waals surface area contributed by atoms with Crippen LogP contribution in [0.5, 0.6) is 0 Å². The van der Waals surface area contributed by atoms with Crippen molar-refractivity contribution in [3.05, 3.63) is 64.9 Å². The van der Waals surface area contributed by atoms with Crippen LogP contribution in [0.1, 0.15) is 30.8 Å². The van der Waals surface area contributed by atoms with Gasteiger partial charge >= 0.3 is 0 Å². The van der Waals surface area contributed by atoms with E-state index >= 15 is 0 Å². The van der Waals surface area contributed by atoms with Crippen LogP contribution >= 0.6 is 11.6 Å². The van der Waals surface area contributed by atoms with E-state index in [2.05, 4.69) is 28.9 Å². The molecule has 1 heterocycles. The number of imidazole rings is 1. The van der Waals surface area contributed by atoms with E-state index in [1.54, 1.807) is 7.11 Å². The number of methoxy groups -OCH3 is 1. The molecule has 30 heavy (non-hydrogen) atoms. The van der Waals surface area contributed by atoms with Crippen molar-refractivity contribution in [1.29, 1.82) is 0 Å². The number of benzene rings is 2. The number of rotatable bonds is 10. The van der Waals surface area contributed by atoms with Gasteiger partial charge in [0.05, 0.1) is 23.6 Å². The molecule has 2 aromatic carbocycles. The van der Waals surface area contributed by atoms with Crippen LogP contribution in [-0.4, -0.2) is 54.2 Å². The Morgan fingerprint density at radius 3 is 2.77 bits per heavy atom. The maximum Gasteiger partial charge on any atom is 0.234 e. The number of halogens is 1. The SMILES string of the molecule is COCCCNC(=O)CN(C)C(C)c1nc2cc(Cl)ccc2n1Cc1ccccc1. The second kappa shape index (κ2) is 10.6. The maximum atomic E-state index is 12.3. The van der Waals surface area contributed by atoms with Crippen LogP contribution in [0.2, 0.25) is 5.02 Å². The average molecular weight is 429 g/mol. The van der Waals surface area contributed by atoms with Crippen molar-refractivity contribution in [2.75, 3.05) is 33.9 Å². The predicted molar refractivity (Wildman–Crippen MR) is 121 cm³/mol. The second-order valence-electron chi connectivity index (χ2n) is 7.46. The van der Waals surface area contributed by atoms with E-state index in [4.69, 9.17) is 21.3 Å². The number of amides is 1. The first-order chi connectivity index (χ1) is 14.5. The van der Waals surface area contributed by atoms with Crippen LogP contribution in [0, 0.1) is 0 Å². The molecule has 3 rings (SSSR count). The molecule has 0 saturated carbocycles. The molecule has 1 amide bonds. The average Bonchev–Trinajstić information content (AvgIpc) is 3.08. The number of fused-ring (bicyclic) bond motifs is 1. The van der Waals surface area contributed by atoms with Gasteiger partial charge < -0.3 is 14.6 Å².